The van der Waals surface area contributed by atoms with Crippen molar-refractivity contribution in [1.82, 2.24) is 29.7 Å². The Labute approximate surface area is 262 Å². The van der Waals surface area contributed by atoms with Crippen molar-refractivity contribution in [2.75, 3.05) is 27.2 Å². The van der Waals surface area contributed by atoms with Crippen LogP contribution in [-0.4, -0.2) is 47.0 Å². The number of nitrogens with zero attached hydrogens (tertiary/aromatic N) is 6. The van der Waals surface area contributed by atoms with Crippen LogP contribution < -0.4 is 9.97 Å². The summed E-state index contributed by atoms with van der Waals surface area (Å²) in [6, 6.07) is 35.7. The molecule has 0 aliphatic heterocycles. The van der Waals surface area contributed by atoms with Gasteiger partial charge in [-0.05, 0) is 36.2 Å². The van der Waals surface area contributed by atoms with Gasteiger partial charge in [0.05, 0.1) is 0 Å². The molecule has 0 aliphatic carbocycles. The van der Waals surface area contributed by atoms with Crippen molar-refractivity contribution in [2.24, 2.45) is 0 Å². The molecular weight excluding hydrogens is 671 g/mol. The Morgan fingerprint density at radius 1 is 0.537 bits per heavy atom. The Bertz CT molecular complexity index is 1380. The largest absolute Gasteiger partial charge is 4.00 e. The molecule has 7 heteroatoms. The summed E-state index contributed by atoms with van der Waals surface area (Å²) in [5.41, 5.74) is 6.01. The molecule has 0 N–H and O–H groups in total. The van der Waals surface area contributed by atoms with Crippen molar-refractivity contribution in [3.63, 3.8) is 0 Å². The van der Waals surface area contributed by atoms with Crippen molar-refractivity contribution >= 4 is 22.1 Å². The third-order valence-electron chi connectivity index (χ3n) is 6.13. The molecule has 6 rings (SSSR count). The van der Waals surface area contributed by atoms with Crippen LogP contribution in [0.15, 0.2) is 109 Å². The Hall–Kier alpha value is -3.65. The van der Waals surface area contributed by atoms with Gasteiger partial charge in [-0.2, -0.15) is 49.2 Å². The maximum atomic E-state index is 4.59. The molecule has 0 saturated carbocycles. The first kappa shape index (κ1) is 31.9. The molecule has 0 amide bonds. The zero-order valence-corrected chi connectivity index (χ0v) is 27.4. The molecule has 6 nitrogen and oxygen atoms in total. The minimum atomic E-state index is 0. The van der Waals surface area contributed by atoms with E-state index in [0.29, 0.717) is 0 Å². The van der Waals surface area contributed by atoms with Crippen molar-refractivity contribution in [1.29, 1.82) is 0 Å². The number of rotatable bonds is 7. The molecule has 0 saturated heterocycles. The van der Waals surface area contributed by atoms with Gasteiger partial charge in [-0.3, -0.25) is 0 Å². The molecule has 6 aromatic rings. The fourth-order valence-electron chi connectivity index (χ4n) is 3.99. The second-order valence-electron chi connectivity index (χ2n) is 9.70. The van der Waals surface area contributed by atoms with E-state index in [1.807, 2.05) is 109 Å². The van der Waals surface area contributed by atoms with E-state index in [4.69, 9.17) is 0 Å². The summed E-state index contributed by atoms with van der Waals surface area (Å²) >= 11 is 0. The number of aromatic nitrogens is 4. The standard InChI is InChI=1S/C20H22N6.2C7H7.Hf/c1-25(13-19-21-15-7-3-4-8-16(15)22-19)11-12-26(2)14-20-23-17-9-5-6-10-18(17)24-20;2*1-7-5-3-2-4-6-7;/h3-10H,11-14H2,1-2H3;2*2-6H,1H2;/q-2;2*-1;+4. The predicted molar refractivity (Wildman–Crippen MR) is 165 cm³/mol. The zero-order valence-electron chi connectivity index (χ0n) is 23.8. The second-order valence-corrected chi connectivity index (χ2v) is 9.70. The molecule has 0 aliphatic rings. The van der Waals surface area contributed by atoms with Crippen molar-refractivity contribution in [3.8, 4) is 0 Å². The molecule has 0 fully saturated rings. The Kier molecular flexibility index (Phi) is 12.9. The molecule has 0 atom stereocenters. The van der Waals surface area contributed by atoms with Gasteiger partial charge in [-0.25, -0.2) is 0 Å². The van der Waals surface area contributed by atoms with Crippen LogP contribution >= 0.6 is 0 Å². The van der Waals surface area contributed by atoms with Gasteiger partial charge in [-0.15, -0.1) is 24.3 Å². The van der Waals surface area contributed by atoms with Crippen molar-refractivity contribution in [2.45, 2.75) is 13.1 Å². The average Bonchev–Trinajstić information content (AvgIpc) is 3.56. The summed E-state index contributed by atoms with van der Waals surface area (Å²) in [6.07, 6.45) is 0. The van der Waals surface area contributed by atoms with Gasteiger partial charge in [-0.1, -0.05) is 72.3 Å². The smallest absolute Gasteiger partial charge is 0.438 e. The molecule has 2 heterocycles. The van der Waals surface area contributed by atoms with Crippen LogP contribution in [0.3, 0.4) is 0 Å². The fraction of sp³-hybridized carbons (Fsp3) is 0.176. The number of hydrogen-bond acceptors (Lipinski definition) is 4. The molecule has 4 aromatic carbocycles. The van der Waals surface area contributed by atoms with Crippen LogP contribution in [0, 0.1) is 13.8 Å². The second kappa shape index (κ2) is 16.6. The average molecular weight is 707 g/mol. The Morgan fingerprint density at radius 2 is 0.878 bits per heavy atom. The number of likely N-dealkylation sites (N-methyl/N-ethyl adjacent to an activating group) is 2. The number of para-hydroxylation sites is 4. The van der Waals surface area contributed by atoms with Crippen LogP contribution in [0.2, 0.25) is 0 Å². The van der Waals surface area contributed by atoms with Crippen LogP contribution in [-0.2, 0) is 38.9 Å². The van der Waals surface area contributed by atoms with Crippen LogP contribution in [0.4, 0.5) is 0 Å². The van der Waals surface area contributed by atoms with Crippen LogP contribution in [0.5, 0.6) is 0 Å². The van der Waals surface area contributed by atoms with Gasteiger partial charge in [0.2, 0.25) is 0 Å². The van der Waals surface area contributed by atoms with E-state index in [1.54, 1.807) is 0 Å². The maximum Gasteiger partial charge on any atom is 4.00 e. The van der Waals surface area contributed by atoms with Gasteiger partial charge in [0.25, 0.3) is 0 Å². The first-order chi connectivity index (χ1) is 19.5. The SMILES string of the molecule is CN(CCN(C)Cc1nc2ccccc2[n-]1)Cc1nc2ccccc2[n-]1.[CH2-]c1ccccc1.[CH2-]c1ccccc1.[Hf+4]. The summed E-state index contributed by atoms with van der Waals surface area (Å²) in [7, 11) is 4.20. The molecule has 0 bridgehead atoms. The van der Waals surface area contributed by atoms with Crippen LogP contribution in [0.25, 0.3) is 22.1 Å². The molecule has 2 aromatic heterocycles. The van der Waals surface area contributed by atoms with E-state index in [-0.39, 0.29) is 25.8 Å². The maximum absolute atomic E-state index is 4.59. The van der Waals surface area contributed by atoms with E-state index in [2.05, 4.69) is 57.7 Å². The zero-order chi connectivity index (χ0) is 28.2. The number of hydrogen-bond donors (Lipinski definition) is 0. The minimum absolute atomic E-state index is 0. The number of benzene rings is 4. The third-order valence-corrected chi connectivity index (χ3v) is 6.13. The molecule has 41 heavy (non-hydrogen) atoms. The quantitative estimate of drug-likeness (QED) is 0.150. The van der Waals surface area contributed by atoms with Crippen molar-refractivity contribution in [3.05, 3.63) is 146 Å². The Balaban J connectivity index is 0.000000252. The molecule has 0 unspecified atom stereocenters. The first-order valence-electron chi connectivity index (χ1n) is 13.3. The molecular formula is C34H36HfN6. The van der Waals surface area contributed by atoms with Crippen molar-refractivity contribution < 1.29 is 25.8 Å². The summed E-state index contributed by atoms with van der Waals surface area (Å²) in [6.45, 7) is 10.8. The van der Waals surface area contributed by atoms with Gasteiger partial charge in [0.1, 0.15) is 0 Å². The predicted octanol–water partition coefficient (Wildman–Crippen LogP) is 6.00. The van der Waals surface area contributed by atoms with E-state index < -0.39 is 0 Å². The number of imidazole rings is 2. The van der Waals surface area contributed by atoms with Gasteiger partial charge in [0.15, 0.2) is 0 Å². The normalized spacial score (nSPS) is 10.5. The van der Waals surface area contributed by atoms with Gasteiger partial charge >= 0.3 is 25.8 Å². The number of fused-ring (bicyclic) bond motifs is 2. The summed E-state index contributed by atoms with van der Waals surface area (Å²) in [5, 5.41) is 0. The van der Waals surface area contributed by atoms with E-state index in [0.717, 1.165) is 71.0 Å². The third kappa shape index (κ3) is 10.7. The summed E-state index contributed by atoms with van der Waals surface area (Å²) in [5.74, 6) is 1.75. The van der Waals surface area contributed by atoms with Gasteiger partial charge in [0, 0.05) is 26.2 Å². The minimum Gasteiger partial charge on any atom is -0.438 e. The monoisotopic (exact) mass is 708 g/mol. The Morgan fingerprint density at radius 3 is 1.20 bits per heavy atom. The topological polar surface area (TPSA) is 60.5 Å². The van der Waals surface area contributed by atoms with Crippen LogP contribution in [0.1, 0.15) is 22.8 Å². The van der Waals surface area contributed by atoms with E-state index in [1.165, 1.54) is 0 Å². The molecule has 0 radical (unpaired) electrons. The molecule has 0 spiro atoms. The molecule has 206 valence electrons. The fourth-order valence-corrected chi connectivity index (χ4v) is 3.99. The first-order valence-corrected chi connectivity index (χ1v) is 13.3. The summed E-state index contributed by atoms with van der Waals surface area (Å²) < 4.78 is 0. The summed E-state index contributed by atoms with van der Waals surface area (Å²) in [4.78, 5) is 22.8. The van der Waals surface area contributed by atoms with E-state index in [9.17, 15) is 0 Å². The van der Waals surface area contributed by atoms with E-state index >= 15 is 0 Å². The van der Waals surface area contributed by atoms with Gasteiger partial charge < -0.3 is 29.7 Å².